The third kappa shape index (κ3) is 7.55. The molecule has 0 radical (unpaired) electrons. The molecule has 1 aliphatic rings. The maximum Gasteiger partial charge on any atom is 0.493 e. The van der Waals surface area contributed by atoms with Crippen LogP contribution in [0, 0.1) is 6.92 Å². The Labute approximate surface area is 231 Å². The van der Waals surface area contributed by atoms with Crippen LogP contribution in [0.15, 0.2) is 55.0 Å². The van der Waals surface area contributed by atoms with Gasteiger partial charge in [-0.15, -0.1) is 0 Å². The monoisotopic (exact) mass is 558 g/mol. The molecule has 0 spiro atoms. The van der Waals surface area contributed by atoms with Gasteiger partial charge in [0.25, 0.3) is 0 Å². The number of urea groups is 1. The molecule has 8 nitrogen and oxygen atoms in total. The zero-order chi connectivity index (χ0) is 28.7. The van der Waals surface area contributed by atoms with Crippen molar-refractivity contribution in [2.75, 3.05) is 19.0 Å². The second kappa shape index (κ2) is 12.9. The number of ether oxygens (including phenoxy) is 1. The van der Waals surface area contributed by atoms with Gasteiger partial charge in [-0.05, 0) is 61.8 Å². The number of carbonyl (C=O) groups is 2. The first-order valence-corrected chi connectivity index (χ1v) is 13.3. The largest absolute Gasteiger partial charge is 0.494 e. The number of hydrogen-bond donors (Lipinski definition) is 1. The fraction of sp³-hybridized carbons (Fsp3) is 0.414. The predicted octanol–water partition coefficient (Wildman–Crippen LogP) is 6.72. The molecule has 2 amide bonds. The standard InChI is InChI=1S/C29H33F3N4O4/c1-20-18-35(19-33-20)25-15-14-24(17-26(25)39-2)34-28(38)36(40-27(37)29(30,31)32)16-6-7-21-10-12-23(13-11-21)22-8-4-3-5-9-22/h10-15,17-19,22H,3-9,16H2,1-2H3,(H,34,38). The summed E-state index contributed by atoms with van der Waals surface area (Å²) in [4.78, 5) is 33.1. The van der Waals surface area contributed by atoms with Crippen LogP contribution < -0.4 is 10.1 Å². The number of aryl methyl sites for hydroxylation is 2. The minimum absolute atomic E-state index is 0.235. The topological polar surface area (TPSA) is 85.7 Å². The van der Waals surface area contributed by atoms with Crippen LogP contribution in [-0.4, -0.2) is 46.4 Å². The Morgan fingerprint density at radius 1 is 1.10 bits per heavy atom. The average Bonchev–Trinajstić information content (AvgIpc) is 3.38. The van der Waals surface area contributed by atoms with Crippen LogP contribution in [0.25, 0.3) is 5.69 Å². The lowest BCUT2D eigenvalue weighted by Gasteiger charge is -2.23. The minimum atomic E-state index is -5.25. The zero-order valence-electron chi connectivity index (χ0n) is 22.5. The van der Waals surface area contributed by atoms with Gasteiger partial charge in [-0.3, -0.25) is 0 Å². The number of methoxy groups -OCH3 is 1. The third-order valence-corrected chi connectivity index (χ3v) is 6.95. The van der Waals surface area contributed by atoms with Crippen LogP contribution in [0.5, 0.6) is 5.75 Å². The number of carbonyl (C=O) groups excluding carboxylic acids is 2. The number of aromatic nitrogens is 2. The number of anilines is 1. The van der Waals surface area contributed by atoms with E-state index >= 15 is 0 Å². The van der Waals surface area contributed by atoms with E-state index in [9.17, 15) is 22.8 Å². The highest BCUT2D eigenvalue weighted by Gasteiger charge is 2.43. The van der Waals surface area contributed by atoms with Gasteiger partial charge in [-0.1, -0.05) is 43.5 Å². The van der Waals surface area contributed by atoms with Gasteiger partial charge in [-0.25, -0.2) is 14.6 Å². The van der Waals surface area contributed by atoms with Gasteiger partial charge in [0.05, 0.1) is 31.4 Å². The molecule has 1 aliphatic carbocycles. The van der Waals surface area contributed by atoms with E-state index in [2.05, 4.69) is 27.3 Å². The van der Waals surface area contributed by atoms with E-state index in [0.717, 1.165) is 11.3 Å². The van der Waals surface area contributed by atoms with Gasteiger partial charge < -0.3 is 19.5 Å². The summed E-state index contributed by atoms with van der Waals surface area (Å²) in [6, 6.07) is 11.9. The predicted molar refractivity (Wildman–Crippen MR) is 143 cm³/mol. The summed E-state index contributed by atoms with van der Waals surface area (Å²) in [5.74, 6) is -1.51. The number of nitrogens with one attached hydrogen (secondary N) is 1. The van der Waals surface area contributed by atoms with Gasteiger partial charge >= 0.3 is 18.2 Å². The van der Waals surface area contributed by atoms with Crippen LogP contribution in [-0.2, 0) is 16.1 Å². The molecule has 214 valence electrons. The maximum atomic E-state index is 12.9. The minimum Gasteiger partial charge on any atom is -0.494 e. The Balaban J connectivity index is 1.41. The summed E-state index contributed by atoms with van der Waals surface area (Å²) in [5, 5.41) is 2.90. The Morgan fingerprint density at radius 2 is 1.82 bits per heavy atom. The molecule has 2 aromatic carbocycles. The van der Waals surface area contributed by atoms with Crippen LogP contribution in [0.1, 0.15) is 61.3 Å². The Kier molecular flexibility index (Phi) is 9.34. The molecule has 0 saturated heterocycles. The van der Waals surface area contributed by atoms with Crippen molar-refractivity contribution in [3.63, 3.8) is 0 Å². The molecular weight excluding hydrogens is 525 g/mol. The molecule has 40 heavy (non-hydrogen) atoms. The van der Waals surface area contributed by atoms with E-state index in [1.807, 2.05) is 19.1 Å². The number of alkyl halides is 3. The molecule has 0 unspecified atom stereocenters. The molecule has 1 saturated carbocycles. The highest BCUT2D eigenvalue weighted by molar-refractivity contribution is 5.90. The number of hydroxylamine groups is 2. The first kappa shape index (κ1) is 29.0. The van der Waals surface area contributed by atoms with E-state index in [0.29, 0.717) is 28.8 Å². The van der Waals surface area contributed by atoms with Crippen molar-refractivity contribution >= 4 is 17.7 Å². The molecule has 11 heteroatoms. The summed E-state index contributed by atoms with van der Waals surface area (Å²) < 4.78 is 45.9. The summed E-state index contributed by atoms with van der Waals surface area (Å²) in [7, 11) is 1.45. The summed E-state index contributed by atoms with van der Waals surface area (Å²) in [6.07, 6.45) is 5.05. The van der Waals surface area contributed by atoms with Gasteiger partial charge in [0, 0.05) is 18.0 Å². The SMILES string of the molecule is COc1cc(NC(=O)N(CCCc2ccc(C3CCCCC3)cc2)OC(=O)C(F)(F)F)ccc1-n1cnc(C)c1. The highest BCUT2D eigenvalue weighted by atomic mass is 19.4. The zero-order valence-corrected chi connectivity index (χ0v) is 22.5. The normalized spacial score (nSPS) is 14.0. The van der Waals surface area contributed by atoms with E-state index < -0.39 is 18.2 Å². The number of imidazole rings is 1. The summed E-state index contributed by atoms with van der Waals surface area (Å²) in [6.45, 7) is 1.60. The van der Waals surface area contributed by atoms with Crippen LogP contribution in [0.2, 0.25) is 0 Å². The van der Waals surface area contributed by atoms with E-state index in [1.165, 1.54) is 50.8 Å². The lowest BCUT2D eigenvalue weighted by Crippen LogP contribution is -2.41. The molecule has 1 aromatic heterocycles. The first-order chi connectivity index (χ1) is 19.1. The molecule has 4 rings (SSSR count). The number of amides is 2. The van der Waals surface area contributed by atoms with Crippen molar-refractivity contribution in [1.29, 1.82) is 0 Å². The van der Waals surface area contributed by atoms with Crippen molar-refractivity contribution in [2.24, 2.45) is 0 Å². The van der Waals surface area contributed by atoms with Gasteiger partial charge in [-0.2, -0.15) is 18.2 Å². The Morgan fingerprint density at radius 3 is 2.45 bits per heavy atom. The number of halogens is 3. The second-order valence-corrected chi connectivity index (χ2v) is 9.90. The van der Waals surface area contributed by atoms with Crippen LogP contribution in [0.3, 0.4) is 0 Å². The van der Waals surface area contributed by atoms with Crippen molar-refractivity contribution in [3.8, 4) is 11.4 Å². The quantitative estimate of drug-likeness (QED) is 0.310. The van der Waals surface area contributed by atoms with Gasteiger partial charge in [0.1, 0.15) is 5.75 Å². The van der Waals surface area contributed by atoms with Crippen molar-refractivity contribution in [1.82, 2.24) is 14.6 Å². The molecule has 1 heterocycles. The lowest BCUT2D eigenvalue weighted by atomic mass is 9.84. The molecule has 0 atom stereocenters. The van der Waals surface area contributed by atoms with Crippen LogP contribution >= 0.6 is 0 Å². The highest BCUT2D eigenvalue weighted by Crippen LogP contribution is 2.33. The summed E-state index contributed by atoms with van der Waals surface area (Å²) >= 11 is 0. The van der Waals surface area contributed by atoms with Crippen molar-refractivity contribution < 1.29 is 32.3 Å². The smallest absolute Gasteiger partial charge is 0.493 e. The second-order valence-electron chi connectivity index (χ2n) is 9.90. The van der Waals surface area contributed by atoms with E-state index in [1.54, 1.807) is 29.2 Å². The first-order valence-electron chi connectivity index (χ1n) is 13.3. The van der Waals surface area contributed by atoms with Crippen molar-refractivity contribution in [2.45, 2.75) is 64.0 Å². The molecule has 1 fully saturated rings. The average molecular weight is 559 g/mol. The van der Waals surface area contributed by atoms with Crippen molar-refractivity contribution in [3.05, 3.63) is 71.8 Å². The molecule has 0 aliphatic heterocycles. The van der Waals surface area contributed by atoms with Crippen LogP contribution in [0.4, 0.5) is 23.7 Å². The molecular formula is C29H33F3N4O4. The Hall–Kier alpha value is -4.02. The van der Waals surface area contributed by atoms with E-state index in [4.69, 9.17) is 4.74 Å². The fourth-order valence-corrected chi connectivity index (χ4v) is 4.87. The Bertz CT molecular complexity index is 1300. The fourth-order valence-electron chi connectivity index (χ4n) is 4.87. The summed E-state index contributed by atoms with van der Waals surface area (Å²) in [5.41, 5.74) is 3.97. The number of benzene rings is 2. The maximum absolute atomic E-state index is 12.9. The number of rotatable bonds is 8. The number of hydrogen-bond acceptors (Lipinski definition) is 5. The molecule has 1 N–H and O–H groups in total. The molecule has 0 bridgehead atoms. The number of nitrogens with zero attached hydrogens (tertiary/aromatic N) is 3. The van der Waals surface area contributed by atoms with E-state index in [-0.39, 0.29) is 18.7 Å². The lowest BCUT2D eigenvalue weighted by molar-refractivity contribution is -0.227. The molecule has 3 aromatic rings. The third-order valence-electron chi connectivity index (χ3n) is 6.95. The van der Waals surface area contributed by atoms with Gasteiger partial charge in [0.15, 0.2) is 0 Å². The van der Waals surface area contributed by atoms with Gasteiger partial charge in [0.2, 0.25) is 0 Å².